The molecule has 0 atom stereocenters. The minimum Gasteiger partial charge on any atom is -0.499 e. The second-order valence-corrected chi connectivity index (χ2v) is 7.46. The number of hydrogen-bond acceptors (Lipinski definition) is 12. The molecule has 0 spiro atoms. The van der Waals surface area contributed by atoms with E-state index in [0.717, 1.165) is 0 Å². The summed E-state index contributed by atoms with van der Waals surface area (Å²) in [5.41, 5.74) is 0. The lowest BCUT2D eigenvalue weighted by Gasteiger charge is -2.09. The number of halogens is 1. The van der Waals surface area contributed by atoms with Gasteiger partial charge in [-0.25, -0.2) is 4.39 Å². The first-order valence-corrected chi connectivity index (χ1v) is 13.6. The summed E-state index contributed by atoms with van der Waals surface area (Å²) in [4.78, 5) is 0. The third-order valence-electron chi connectivity index (χ3n) is 4.40. The van der Waals surface area contributed by atoms with Gasteiger partial charge in [0.25, 0.3) is 0 Å². The maximum atomic E-state index is 11.8. The zero-order valence-electron chi connectivity index (χ0n) is 23.5. The van der Waals surface area contributed by atoms with Crippen LogP contribution >= 0.6 is 0 Å². The van der Waals surface area contributed by atoms with Gasteiger partial charge in [-0.1, -0.05) is 6.58 Å². The predicted molar refractivity (Wildman–Crippen MR) is 141 cm³/mol. The zero-order valence-corrected chi connectivity index (χ0v) is 23.5. The molecule has 0 aromatic rings. The Bertz CT molecular complexity index is 451. The van der Waals surface area contributed by atoms with E-state index in [2.05, 4.69) is 6.58 Å². The van der Waals surface area contributed by atoms with E-state index in [9.17, 15) is 4.39 Å². The molecule has 0 aliphatic carbocycles. The first kappa shape index (κ1) is 38.0. The molecule has 0 unspecified atom stereocenters. The van der Waals surface area contributed by atoms with Crippen LogP contribution in [0.5, 0.6) is 0 Å². The molecule has 0 radical (unpaired) electrons. The normalized spacial score (nSPS) is 11.3. The highest BCUT2D eigenvalue weighted by molar-refractivity contribution is 4.47. The van der Waals surface area contributed by atoms with E-state index >= 15 is 0 Å². The van der Waals surface area contributed by atoms with Crippen LogP contribution in [-0.4, -0.2) is 159 Å². The molecular formula is C26H51FO12. The summed E-state index contributed by atoms with van der Waals surface area (Å²) in [6, 6.07) is 0. The van der Waals surface area contributed by atoms with E-state index in [0.29, 0.717) is 145 Å². The van der Waals surface area contributed by atoms with Crippen molar-refractivity contribution in [3.05, 3.63) is 12.8 Å². The van der Waals surface area contributed by atoms with E-state index in [-0.39, 0.29) is 6.61 Å². The molecule has 13 heteroatoms. The van der Waals surface area contributed by atoms with Gasteiger partial charge in [-0.15, -0.1) is 0 Å². The molecular weight excluding hydrogens is 523 g/mol. The zero-order chi connectivity index (χ0) is 28.2. The van der Waals surface area contributed by atoms with Crippen molar-refractivity contribution in [1.82, 2.24) is 0 Å². The molecule has 0 amide bonds. The number of hydrogen-bond donors (Lipinski definition) is 0. The van der Waals surface area contributed by atoms with Crippen LogP contribution in [0.15, 0.2) is 12.8 Å². The SMILES string of the molecule is C=COCCOCCOCCOCCOCCOCCOCCOCCOCCOCCOCCOCCF. The number of ether oxygens (including phenoxy) is 12. The fraction of sp³-hybridized carbons (Fsp3) is 0.923. The van der Waals surface area contributed by atoms with Gasteiger partial charge >= 0.3 is 0 Å². The first-order chi connectivity index (χ1) is 19.4. The Hall–Kier alpha value is -0.970. The minimum absolute atomic E-state index is 0.114. The minimum atomic E-state index is -0.474. The average Bonchev–Trinajstić information content (AvgIpc) is 2.95. The van der Waals surface area contributed by atoms with Gasteiger partial charge in [-0.2, -0.15) is 0 Å². The smallest absolute Gasteiger partial charge is 0.113 e. The summed E-state index contributed by atoms with van der Waals surface area (Å²) in [5.74, 6) is 0. The maximum Gasteiger partial charge on any atom is 0.113 e. The summed E-state index contributed by atoms with van der Waals surface area (Å²) in [7, 11) is 0. The summed E-state index contributed by atoms with van der Waals surface area (Å²) in [6.07, 6.45) is 1.39. The van der Waals surface area contributed by atoms with Crippen molar-refractivity contribution in [3.8, 4) is 0 Å². The van der Waals surface area contributed by atoms with Crippen LogP contribution in [0, 0.1) is 0 Å². The highest BCUT2D eigenvalue weighted by Crippen LogP contribution is 1.87. The van der Waals surface area contributed by atoms with Crippen LogP contribution < -0.4 is 0 Å². The van der Waals surface area contributed by atoms with Crippen molar-refractivity contribution in [1.29, 1.82) is 0 Å². The first-order valence-electron chi connectivity index (χ1n) is 13.6. The molecule has 0 saturated carbocycles. The van der Waals surface area contributed by atoms with Gasteiger partial charge in [0.1, 0.15) is 13.3 Å². The summed E-state index contributed by atoms with van der Waals surface area (Å²) in [6.45, 7) is 14.0. The van der Waals surface area contributed by atoms with E-state index < -0.39 is 6.67 Å². The van der Waals surface area contributed by atoms with E-state index in [1.165, 1.54) is 6.26 Å². The largest absolute Gasteiger partial charge is 0.499 e. The molecule has 0 aliphatic rings. The summed E-state index contributed by atoms with van der Waals surface area (Å²) >= 11 is 0. The van der Waals surface area contributed by atoms with Crippen molar-refractivity contribution in [3.63, 3.8) is 0 Å². The van der Waals surface area contributed by atoms with Crippen LogP contribution in [0.2, 0.25) is 0 Å². The molecule has 0 aromatic heterocycles. The molecule has 0 aromatic carbocycles. The standard InChI is InChI=1S/C26H51FO12/c1-2-28-5-6-30-9-10-32-13-14-34-17-18-36-21-22-38-25-26-39-24-23-37-20-19-35-16-15-33-12-11-31-8-7-29-4-3-27/h2H,1,3-26H2. The molecule has 0 aliphatic heterocycles. The van der Waals surface area contributed by atoms with Crippen molar-refractivity contribution in [2.45, 2.75) is 0 Å². The van der Waals surface area contributed by atoms with Gasteiger partial charge in [0.05, 0.1) is 152 Å². The molecule has 0 bridgehead atoms. The Morgan fingerprint density at radius 3 is 0.667 bits per heavy atom. The molecule has 0 N–H and O–H groups in total. The Morgan fingerprint density at radius 2 is 0.487 bits per heavy atom. The van der Waals surface area contributed by atoms with Crippen LogP contribution in [0.3, 0.4) is 0 Å². The highest BCUT2D eigenvalue weighted by Gasteiger charge is 1.96. The van der Waals surface area contributed by atoms with Crippen molar-refractivity contribution in [2.24, 2.45) is 0 Å². The van der Waals surface area contributed by atoms with Gasteiger partial charge in [-0.3, -0.25) is 0 Å². The Labute approximate surface area is 233 Å². The van der Waals surface area contributed by atoms with E-state index in [4.69, 9.17) is 56.8 Å². The topological polar surface area (TPSA) is 111 Å². The van der Waals surface area contributed by atoms with Gasteiger partial charge in [0.2, 0.25) is 0 Å². The highest BCUT2D eigenvalue weighted by atomic mass is 19.1. The van der Waals surface area contributed by atoms with Gasteiger partial charge in [0, 0.05) is 0 Å². The fourth-order valence-corrected chi connectivity index (χ4v) is 2.55. The van der Waals surface area contributed by atoms with Crippen LogP contribution in [0.1, 0.15) is 0 Å². The Balaban J connectivity index is 3.02. The lowest BCUT2D eigenvalue weighted by Crippen LogP contribution is -2.15. The predicted octanol–water partition coefficient (Wildman–Crippen LogP) is 1.30. The van der Waals surface area contributed by atoms with Crippen LogP contribution in [-0.2, 0) is 56.8 Å². The molecule has 234 valence electrons. The van der Waals surface area contributed by atoms with Gasteiger partial charge in [-0.05, 0) is 0 Å². The lowest BCUT2D eigenvalue weighted by molar-refractivity contribution is -0.0279. The Morgan fingerprint density at radius 1 is 0.308 bits per heavy atom. The van der Waals surface area contributed by atoms with Gasteiger partial charge in [0.15, 0.2) is 0 Å². The molecule has 0 fully saturated rings. The Kier molecular flexibility index (Phi) is 36.1. The summed E-state index contributed by atoms with van der Waals surface area (Å²) in [5, 5.41) is 0. The van der Waals surface area contributed by atoms with E-state index in [1.54, 1.807) is 0 Å². The third kappa shape index (κ3) is 37.0. The summed E-state index contributed by atoms with van der Waals surface area (Å²) < 4.78 is 75.6. The monoisotopic (exact) mass is 574 g/mol. The lowest BCUT2D eigenvalue weighted by atomic mass is 10.6. The van der Waals surface area contributed by atoms with Gasteiger partial charge < -0.3 is 56.8 Å². The van der Waals surface area contributed by atoms with Crippen LogP contribution in [0.4, 0.5) is 4.39 Å². The molecule has 0 rings (SSSR count). The van der Waals surface area contributed by atoms with Crippen LogP contribution in [0.25, 0.3) is 0 Å². The molecule has 0 heterocycles. The van der Waals surface area contributed by atoms with Crippen molar-refractivity contribution < 1.29 is 61.2 Å². The fourth-order valence-electron chi connectivity index (χ4n) is 2.55. The number of alkyl halides is 1. The third-order valence-corrected chi connectivity index (χ3v) is 4.40. The quantitative estimate of drug-likeness (QED) is 0.0795. The second kappa shape index (κ2) is 37.0. The molecule has 12 nitrogen and oxygen atoms in total. The molecule has 0 saturated heterocycles. The maximum absolute atomic E-state index is 11.8. The second-order valence-electron chi connectivity index (χ2n) is 7.46. The average molecular weight is 575 g/mol. The van der Waals surface area contributed by atoms with E-state index in [1.807, 2.05) is 0 Å². The molecule has 39 heavy (non-hydrogen) atoms. The van der Waals surface area contributed by atoms with Crippen molar-refractivity contribution in [2.75, 3.05) is 159 Å². The van der Waals surface area contributed by atoms with Crippen molar-refractivity contribution >= 4 is 0 Å². The number of rotatable bonds is 36.